The summed E-state index contributed by atoms with van der Waals surface area (Å²) in [5, 5.41) is 3.71. The molecule has 0 atom stereocenters. The van der Waals surface area contributed by atoms with Gasteiger partial charge in [0.05, 0.1) is 22.8 Å². The van der Waals surface area contributed by atoms with Crippen molar-refractivity contribution in [1.82, 2.24) is 9.88 Å². The molecule has 1 aromatic carbocycles. The van der Waals surface area contributed by atoms with Crippen LogP contribution in [0.25, 0.3) is 0 Å². The van der Waals surface area contributed by atoms with Gasteiger partial charge in [0.15, 0.2) is 0 Å². The second kappa shape index (κ2) is 6.17. The molecular weight excluding hydrogens is 334 g/mol. The first-order valence-corrected chi connectivity index (χ1v) is 8.73. The molecule has 126 valence electrons. The molecule has 3 rings (SSSR count). The van der Waals surface area contributed by atoms with Gasteiger partial charge in [-0.2, -0.15) is 0 Å². The Bertz CT molecular complexity index is 870. The van der Waals surface area contributed by atoms with Gasteiger partial charge in [-0.1, -0.05) is 5.16 Å². The molecule has 0 unspecified atom stereocenters. The number of hydrogen-bond acceptors (Lipinski definition) is 6. The number of anilines is 1. The zero-order chi connectivity index (χ0) is 17.3. The van der Waals surface area contributed by atoms with Crippen molar-refractivity contribution in [3.63, 3.8) is 0 Å². The molecule has 9 heteroatoms. The van der Waals surface area contributed by atoms with E-state index in [-0.39, 0.29) is 36.1 Å². The van der Waals surface area contributed by atoms with Gasteiger partial charge in [0, 0.05) is 18.9 Å². The van der Waals surface area contributed by atoms with Crippen molar-refractivity contribution < 1.29 is 22.5 Å². The second-order valence-corrected chi connectivity index (χ2v) is 7.14. The molecule has 0 saturated carbocycles. The first kappa shape index (κ1) is 16.3. The minimum atomic E-state index is -3.74. The fourth-order valence-corrected chi connectivity index (χ4v) is 3.39. The van der Waals surface area contributed by atoms with Gasteiger partial charge >= 0.3 is 0 Å². The Labute approximate surface area is 138 Å². The maximum atomic E-state index is 12.3. The number of carbonyl (C=O) groups is 2. The average Bonchev–Trinajstić information content (AvgIpc) is 3.11. The van der Waals surface area contributed by atoms with E-state index in [2.05, 4.69) is 9.88 Å². The van der Waals surface area contributed by atoms with Gasteiger partial charge in [-0.25, -0.2) is 13.1 Å². The van der Waals surface area contributed by atoms with Gasteiger partial charge in [-0.15, -0.1) is 0 Å². The van der Waals surface area contributed by atoms with Crippen LogP contribution in [0.4, 0.5) is 5.69 Å². The molecule has 1 N–H and O–H groups in total. The third-order valence-electron chi connectivity index (χ3n) is 3.58. The fourth-order valence-electron chi connectivity index (χ4n) is 2.39. The van der Waals surface area contributed by atoms with Crippen molar-refractivity contribution >= 4 is 27.5 Å². The molecule has 24 heavy (non-hydrogen) atoms. The Morgan fingerprint density at radius 2 is 1.79 bits per heavy atom. The van der Waals surface area contributed by atoms with E-state index in [0.717, 1.165) is 4.90 Å². The Morgan fingerprint density at radius 3 is 2.33 bits per heavy atom. The minimum Gasteiger partial charge on any atom is -0.361 e. The number of aryl methyl sites for hydroxylation is 1. The summed E-state index contributed by atoms with van der Waals surface area (Å²) in [6.07, 6.45) is 0.356. The number of nitrogens with zero attached hydrogens (tertiary/aromatic N) is 2. The summed E-state index contributed by atoms with van der Waals surface area (Å²) >= 11 is 0. The van der Waals surface area contributed by atoms with Gasteiger partial charge in [0.1, 0.15) is 5.76 Å². The number of imide groups is 1. The van der Waals surface area contributed by atoms with Crippen LogP contribution in [-0.4, -0.2) is 25.4 Å². The van der Waals surface area contributed by atoms with Gasteiger partial charge in [-0.05, 0) is 31.2 Å². The van der Waals surface area contributed by atoms with Crippen LogP contribution in [0.15, 0.2) is 39.8 Å². The molecular formula is C15H15N3O5S. The van der Waals surface area contributed by atoms with Crippen LogP contribution in [0.2, 0.25) is 0 Å². The van der Waals surface area contributed by atoms with Crippen molar-refractivity contribution in [2.75, 3.05) is 4.90 Å². The summed E-state index contributed by atoms with van der Waals surface area (Å²) in [7, 11) is -3.74. The second-order valence-electron chi connectivity index (χ2n) is 5.37. The van der Waals surface area contributed by atoms with Crippen molar-refractivity contribution in [1.29, 1.82) is 0 Å². The normalized spacial score (nSPS) is 15.3. The molecule has 8 nitrogen and oxygen atoms in total. The van der Waals surface area contributed by atoms with Crippen molar-refractivity contribution in [3.8, 4) is 0 Å². The van der Waals surface area contributed by atoms with E-state index in [1.165, 1.54) is 24.3 Å². The molecule has 0 spiro atoms. The van der Waals surface area contributed by atoms with Crippen LogP contribution in [0, 0.1) is 6.92 Å². The van der Waals surface area contributed by atoms with Gasteiger partial charge in [-0.3, -0.25) is 14.5 Å². The highest BCUT2D eigenvalue weighted by Gasteiger charge is 2.30. The number of nitrogens with one attached hydrogen (secondary N) is 1. The van der Waals surface area contributed by atoms with Crippen LogP contribution in [0.1, 0.15) is 24.3 Å². The standard InChI is InChI=1S/C15H15N3O5S/c1-10-8-11(17-23-10)9-16-24(21,22)13-4-2-12(3-5-13)18-14(19)6-7-15(18)20/h2-5,8,16H,6-7,9H2,1H3. The largest absolute Gasteiger partial charge is 0.361 e. The van der Waals surface area contributed by atoms with Gasteiger partial charge < -0.3 is 4.52 Å². The fraction of sp³-hybridized carbons (Fsp3) is 0.267. The number of benzene rings is 1. The van der Waals surface area contributed by atoms with Crippen molar-refractivity contribution in [2.24, 2.45) is 0 Å². The highest BCUT2D eigenvalue weighted by Crippen LogP contribution is 2.24. The summed E-state index contributed by atoms with van der Waals surface area (Å²) in [6.45, 7) is 1.72. The van der Waals surface area contributed by atoms with Crippen molar-refractivity contribution in [3.05, 3.63) is 41.8 Å². The van der Waals surface area contributed by atoms with Gasteiger partial charge in [0.2, 0.25) is 21.8 Å². The average molecular weight is 349 g/mol. The smallest absolute Gasteiger partial charge is 0.240 e. The molecule has 2 amide bonds. The van der Waals surface area contributed by atoms with E-state index in [1.54, 1.807) is 13.0 Å². The van der Waals surface area contributed by atoms with E-state index in [9.17, 15) is 18.0 Å². The third-order valence-corrected chi connectivity index (χ3v) is 4.99. The van der Waals surface area contributed by atoms with E-state index < -0.39 is 10.0 Å². The maximum absolute atomic E-state index is 12.3. The lowest BCUT2D eigenvalue weighted by Gasteiger charge is -2.14. The maximum Gasteiger partial charge on any atom is 0.240 e. The number of amides is 2. The Hall–Kier alpha value is -2.52. The molecule has 2 aromatic rings. The topological polar surface area (TPSA) is 110 Å². The number of sulfonamides is 1. The first-order chi connectivity index (χ1) is 11.4. The lowest BCUT2D eigenvalue weighted by Crippen LogP contribution is -2.28. The predicted octanol–water partition coefficient (Wildman–Crippen LogP) is 1.11. The van der Waals surface area contributed by atoms with Gasteiger partial charge in [0.25, 0.3) is 0 Å². The Morgan fingerprint density at radius 1 is 1.17 bits per heavy atom. The van der Waals surface area contributed by atoms with Crippen LogP contribution in [-0.2, 0) is 26.2 Å². The van der Waals surface area contributed by atoms with Crippen LogP contribution >= 0.6 is 0 Å². The summed E-state index contributed by atoms with van der Waals surface area (Å²) in [6, 6.07) is 7.22. The SMILES string of the molecule is Cc1cc(CNS(=O)(=O)c2ccc(N3C(=O)CCC3=O)cc2)no1. The molecule has 1 fully saturated rings. The first-order valence-electron chi connectivity index (χ1n) is 7.24. The van der Waals surface area contributed by atoms with E-state index in [0.29, 0.717) is 17.1 Å². The summed E-state index contributed by atoms with van der Waals surface area (Å²) in [5.41, 5.74) is 0.842. The summed E-state index contributed by atoms with van der Waals surface area (Å²) < 4.78 is 31.8. The molecule has 0 aliphatic carbocycles. The molecule has 1 aromatic heterocycles. The number of carbonyl (C=O) groups excluding carboxylic acids is 2. The molecule has 1 aliphatic rings. The quantitative estimate of drug-likeness (QED) is 0.810. The zero-order valence-electron chi connectivity index (χ0n) is 12.9. The number of aromatic nitrogens is 1. The number of rotatable bonds is 5. The van der Waals surface area contributed by atoms with E-state index in [1.807, 2.05) is 0 Å². The minimum absolute atomic E-state index is 0.00449. The lowest BCUT2D eigenvalue weighted by molar-refractivity contribution is -0.121. The zero-order valence-corrected chi connectivity index (χ0v) is 13.7. The van der Waals surface area contributed by atoms with Crippen molar-refractivity contribution in [2.45, 2.75) is 31.2 Å². The monoisotopic (exact) mass is 349 g/mol. The number of hydrogen-bond donors (Lipinski definition) is 1. The van der Waals surface area contributed by atoms with E-state index >= 15 is 0 Å². The molecule has 1 aliphatic heterocycles. The van der Waals surface area contributed by atoms with Crippen LogP contribution in [0.3, 0.4) is 0 Å². The Kier molecular flexibility index (Phi) is 4.20. The summed E-state index contributed by atoms with van der Waals surface area (Å²) in [5.74, 6) is 0.0266. The predicted molar refractivity (Wildman–Crippen MR) is 83.4 cm³/mol. The Balaban J connectivity index is 1.74. The summed E-state index contributed by atoms with van der Waals surface area (Å²) in [4.78, 5) is 24.5. The van der Waals surface area contributed by atoms with E-state index in [4.69, 9.17) is 4.52 Å². The molecule has 1 saturated heterocycles. The molecule has 2 heterocycles. The van der Waals surface area contributed by atoms with Crippen LogP contribution < -0.4 is 9.62 Å². The molecule has 0 radical (unpaired) electrons. The highest BCUT2D eigenvalue weighted by atomic mass is 32.2. The highest BCUT2D eigenvalue weighted by molar-refractivity contribution is 7.89. The third kappa shape index (κ3) is 3.22. The molecule has 0 bridgehead atoms. The van der Waals surface area contributed by atoms with Crippen LogP contribution in [0.5, 0.6) is 0 Å². The lowest BCUT2D eigenvalue weighted by atomic mass is 10.3.